The normalized spacial score (nSPS) is 17.9. The molecular weight excluding hydrogens is 705 g/mol. The molecule has 9 rings (SSSR count). The van der Waals surface area contributed by atoms with Crippen LogP contribution in [0, 0.1) is 19.8 Å². The topological polar surface area (TPSA) is 118 Å². The van der Waals surface area contributed by atoms with Crippen LogP contribution in [0.3, 0.4) is 0 Å². The minimum absolute atomic E-state index is 0.00492. The molecule has 0 bridgehead atoms. The van der Waals surface area contributed by atoms with Crippen LogP contribution in [0.1, 0.15) is 85.4 Å². The summed E-state index contributed by atoms with van der Waals surface area (Å²) in [5.41, 5.74) is 7.87. The molecule has 3 aromatic heterocycles. The van der Waals surface area contributed by atoms with Gasteiger partial charge in [-0.1, -0.05) is 48.7 Å². The Kier molecular flexibility index (Phi) is 9.01. The van der Waals surface area contributed by atoms with Gasteiger partial charge in [0.15, 0.2) is 0 Å². The fourth-order valence-electron chi connectivity index (χ4n) is 9.21. The van der Waals surface area contributed by atoms with Crippen molar-refractivity contribution >= 4 is 40.3 Å². The molecule has 2 aromatic carbocycles. The van der Waals surface area contributed by atoms with Gasteiger partial charge < -0.3 is 19.2 Å². The van der Waals surface area contributed by atoms with E-state index in [1.165, 1.54) is 32.1 Å². The highest BCUT2D eigenvalue weighted by atomic mass is 16.7. The highest BCUT2D eigenvalue weighted by Gasteiger charge is 2.41. The Hall–Kier alpha value is -5.78. The maximum absolute atomic E-state index is 15.1. The Labute approximate surface area is 326 Å². The monoisotopic (exact) mass is 752 g/mol. The third-order valence-corrected chi connectivity index (χ3v) is 12.5. The number of carbonyl (C=O) groups excluding carboxylic acids is 3. The maximum atomic E-state index is 15.1. The van der Waals surface area contributed by atoms with Crippen molar-refractivity contribution in [3.05, 3.63) is 95.1 Å². The first kappa shape index (κ1) is 35.9. The lowest BCUT2D eigenvalue weighted by atomic mass is 9.89. The number of hydrogen-bond acceptors (Lipinski definition) is 7. The second-order valence-corrected chi connectivity index (χ2v) is 16.3. The van der Waals surface area contributed by atoms with Gasteiger partial charge in [-0.25, -0.2) is 14.3 Å². The first-order valence-electron chi connectivity index (χ1n) is 20.0. The standard InChI is InChI=1S/C44H48N8O4/c1-28-29(2)45-19-17-34(28)31-15-16-37-32(23-31)24-38(51(37)44(3,4)39-25-40(53)56-47-39)42(54)48-20-18-36-35(27-48)41(52(46-36)33-13-9-6-10-14-33)50-22-21-49(43(50)55)26-30-11-7-5-8-12-30/h6,9-10,13-17,19,23-24,30H,5,7-8,11-12,18,20-22,25-27H2,1-4H3. The maximum Gasteiger partial charge on any atom is 0.340 e. The van der Waals surface area contributed by atoms with E-state index in [2.05, 4.69) is 29.2 Å². The predicted molar refractivity (Wildman–Crippen MR) is 215 cm³/mol. The number of carbonyl (C=O) groups is 3. The van der Waals surface area contributed by atoms with E-state index in [-0.39, 0.29) is 18.4 Å². The van der Waals surface area contributed by atoms with E-state index in [1.807, 2.05) is 99.4 Å². The fourth-order valence-corrected chi connectivity index (χ4v) is 9.21. The summed E-state index contributed by atoms with van der Waals surface area (Å²) >= 11 is 0. The van der Waals surface area contributed by atoms with Crippen molar-refractivity contribution in [2.24, 2.45) is 11.1 Å². The average Bonchev–Trinajstić information content (AvgIpc) is 4.00. The molecular formula is C44H48N8O4. The molecule has 1 aliphatic carbocycles. The van der Waals surface area contributed by atoms with Crippen LogP contribution in [0.5, 0.6) is 0 Å². The minimum atomic E-state index is -0.863. The molecule has 2 fully saturated rings. The number of anilines is 1. The number of urea groups is 1. The highest BCUT2D eigenvalue weighted by Crippen LogP contribution is 2.38. The van der Waals surface area contributed by atoms with E-state index >= 15 is 4.79 Å². The van der Waals surface area contributed by atoms with Crippen molar-refractivity contribution in [2.45, 2.75) is 84.7 Å². The third kappa shape index (κ3) is 6.15. The van der Waals surface area contributed by atoms with Crippen molar-refractivity contribution in [1.29, 1.82) is 0 Å². The number of fused-ring (bicyclic) bond motifs is 2. The Morgan fingerprint density at radius 1 is 0.946 bits per heavy atom. The lowest BCUT2D eigenvalue weighted by Gasteiger charge is -2.32. The Morgan fingerprint density at radius 2 is 1.75 bits per heavy atom. The number of benzene rings is 2. The van der Waals surface area contributed by atoms with Gasteiger partial charge in [-0.3, -0.25) is 14.7 Å². The lowest BCUT2D eigenvalue weighted by Crippen LogP contribution is -2.42. The van der Waals surface area contributed by atoms with Crippen LogP contribution in [0.4, 0.5) is 10.6 Å². The van der Waals surface area contributed by atoms with Crippen molar-refractivity contribution in [1.82, 2.24) is 29.1 Å². The summed E-state index contributed by atoms with van der Waals surface area (Å²) in [6.45, 7) is 10.8. The Balaban J connectivity index is 1.10. The van der Waals surface area contributed by atoms with E-state index in [9.17, 15) is 9.59 Å². The summed E-state index contributed by atoms with van der Waals surface area (Å²) in [5.74, 6) is 0.722. The lowest BCUT2D eigenvalue weighted by molar-refractivity contribution is -0.140. The predicted octanol–water partition coefficient (Wildman–Crippen LogP) is 7.56. The minimum Gasteiger partial charge on any atom is -0.332 e. The van der Waals surface area contributed by atoms with E-state index < -0.39 is 11.5 Å². The molecule has 0 N–H and O–H groups in total. The van der Waals surface area contributed by atoms with Gasteiger partial charge in [0.05, 0.1) is 35.6 Å². The summed E-state index contributed by atoms with van der Waals surface area (Å²) in [4.78, 5) is 56.9. The summed E-state index contributed by atoms with van der Waals surface area (Å²) < 4.78 is 3.91. The van der Waals surface area contributed by atoms with Crippen LogP contribution >= 0.6 is 0 Å². The second kappa shape index (κ2) is 14.1. The summed E-state index contributed by atoms with van der Waals surface area (Å²) in [6, 6.07) is 20.2. The molecule has 0 spiro atoms. The Bertz CT molecular complexity index is 2400. The average molecular weight is 753 g/mol. The smallest absolute Gasteiger partial charge is 0.332 e. The summed E-state index contributed by atoms with van der Waals surface area (Å²) in [7, 11) is 0. The molecule has 3 aliphatic heterocycles. The zero-order chi connectivity index (χ0) is 38.7. The molecule has 1 saturated carbocycles. The zero-order valence-electron chi connectivity index (χ0n) is 32.6. The van der Waals surface area contributed by atoms with Gasteiger partial charge in [-0.05, 0) is 99.5 Å². The number of para-hydroxylation sites is 1. The second-order valence-electron chi connectivity index (χ2n) is 16.3. The molecule has 6 heterocycles. The number of pyridine rings is 1. The molecule has 4 aliphatic rings. The van der Waals surface area contributed by atoms with E-state index in [0.717, 1.165) is 62.6 Å². The van der Waals surface area contributed by atoms with Crippen molar-refractivity contribution in [3.63, 3.8) is 0 Å². The van der Waals surface area contributed by atoms with Gasteiger partial charge in [-0.2, -0.15) is 5.10 Å². The first-order chi connectivity index (χ1) is 27.1. The van der Waals surface area contributed by atoms with E-state index in [0.29, 0.717) is 49.9 Å². The number of aromatic nitrogens is 4. The summed E-state index contributed by atoms with van der Waals surface area (Å²) in [6.07, 6.45) is 8.51. The van der Waals surface area contributed by atoms with Gasteiger partial charge in [0.2, 0.25) is 0 Å². The number of nitrogens with zero attached hydrogens (tertiary/aromatic N) is 8. The molecule has 288 valence electrons. The first-order valence-corrected chi connectivity index (χ1v) is 20.0. The molecule has 0 unspecified atom stereocenters. The number of oxime groups is 1. The number of amides is 3. The summed E-state index contributed by atoms with van der Waals surface area (Å²) in [5, 5.41) is 10.2. The van der Waals surface area contributed by atoms with E-state index in [1.54, 1.807) is 0 Å². The van der Waals surface area contributed by atoms with Gasteiger partial charge in [-0.15, -0.1) is 0 Å². The van der Waals surface area contributed by atoms with Gasteiger partial charge >= 0.3 is 12.0 Å². The number of rotatable bonds is 8. The highest BCUT2D eigenvalue weighted by molar-refractivity contribution is 6.08. The Morgan fingerprint density at radius 3 is 2.52 bits per heavy atom. The molecule has 3 amide bonds. The zero-order valence-corrected chi connectivity index (χ0v) is 32.6. The van der Waals surface area contributed by atoms with Crippen molar-refractivity contribution in [2.75, 3.05) is 31.1 Å². The molecule has 5 aromatic rings. The largest absolute Gasteiger partial charge is 0.340 e. The van der Waals surface area contributed by atoms with Gasteiger partial charge in [0.1, 0.15) is 11.5 Å². The van der Waals surface area contributed by atoms with Crippen molar-refractivity contribution < 1.29 is 19.2 Å². The quantitative estimate of drug-likeness (QED) is 0.151. The molecule has 1 saturated heterocycles. The van der Waals surface area contributed by atoms with Crippen LogP contribution in [-0.4, -0.2) is 78.9 Å². The van der Waals surface area contributed by atoms with Gasteiger partial charge in [0.25, 0.3) is 5.91 Å². The van der Waals surface area contributed by atoms with Crippen molar-refractivity contribution in [3.8, 4) is 16.8 Å². The molecule has 56 heavy (non-hydrogen) atoms. The van der Waals surface area contributed by atoms with Crippen LogP contribution in [0.2, 0.25) is 0 Å². The van der Waals surface area contributed by atoms with Crippen LogP contribution in [0.25, 0.3) is 27.7 Å². The molecule has 12 nitrogen and oxygen atoms in total. The van der Waals surface area contributed by atoms with Crippen LogP contribution < -0.4 is 4.90 Å². The third-order valence-electron chi connectivity index (χ3n) is 12.5. The number of hydrogen-bond donors (Lipinski definition) is 0. The molecule has 12 heteroatoms. The molecule has 0 atom stereocenters. The fraction of sp³-hybridized carbons (Fsp3) is 0.409. The van der Waals surface area contributed by atoms with Crippen LogP contribution in [-0.2, 0) is 28.1 Å². The SMILES string of the molecule is Cc1nccc(-c2ccc3c(c2)cc(C(=O)N2CCc4nn(-c5ccccc5)c(N5CCN(CC6CCCCC6)C5=O)c4C2)n3C(C)(C)C2=NOC(=O)C2)c1C. The van der Waals surface area contributed by atoms with Crippen LogP contribution in [0.15, 0.2) is 72.0 Å². The number of aryl methyl sites for hydroxylation is 1. The van der Waals surface area contributed by atoms with E-state index in [4.69, 9.17) is 9.94 Å². The molecule has 0 radical (unpaired) electrons. The van der Waals surface area contributed by atoms with Gasteiger partial charge in [0, 0.05) is 61.0 Å².